The van der Waals surface area contributed by atoms with Crippen molar-refractivity contribution in [2.24, 2.45) is 0 Å². The Labute approximate surface area is 139 Å². The molecule has 1 N–H and O–H groups in total. The van der Waals surface area contributed by atoms with Gasteiger partial charge in [0, 0.05) is 31.7 Å². The third-order valence-electron chi connectivity index (χ3n) is 4.57. The summed E-state index contributed by atoms with van der Waals surface area (Å²) >= 11 is 0. The zero-order valence-electron chi connectivity index (χ0n) is 14.5. The molecule has 0 radical (unpaired) electrons. The number of nitrogens with zero attached hydrogens (tertiary/aromatic N) is 2. The molecule has 1 unspecified atom stereocenters. The monoisotopic (exact) mass is 319 g/mol. The Morgan fingerprint density at radius 2 is 1.96 bits per heavy atom. The van der Waals surface area contributed by atoms with Gasteiger partial charge in [0.15, 0.2) is 0 Å². The molecule has 0 saturated carbocycles. The Kier molecular flexibility index (Phi) is 6.86. The standard InChI is InChI=1S/C18H29N3O2/c1-4-21(5-2)12-13-23-17-8-6-15(7-9-17)18(22)20(3)16-10-11-19-14-16/h6-9,16,19H,4-5,10-14H2,1-3H3. The second kappa shape index (κ2) is 8.89. The Morgan fingerprint density at radius 1 is 1.26 bits per heavy atom. The maximum atomic E-state index is 12.5. The van der Waals surface area contributed by atoms with Gasteiger partial charge in [0.25, 0.3) is 5.91 Å². The smallest absolute Gasteiger partial charge is 0.253 e. The van der Waals surface area contributed by atoms with E-state index in [4.69, 9.17) is 4.74 Å². The van der Waals surface area contributed by atoms with Crippen molar-refractivity contribution in [3.05, 3.63) is 29.8 Å². The van der Waals surface area contributed by atoms with Crippen molar-refractivity contribution >= 4 is 5.91 Å². The van der Waals surface area contributed by atoms with Crippen LogP contribution >= 0.6 is 0 Å². The van der Waals surface area contributed by atoms with Crippen LogP contribution in [0.1, 0.15) is 30.6 Å². The van der Waals surface area contributed by atoms with Gasteiger partial charge in [-0.1, -0.05) is 13.8 Å². The lowest BCUT2D eigenvalue weighted by molar-refractivity contribution is 0.0743. The lowest BCUT2D eigenvalue weighted by Gasteiger charge is -2.24. The van der Waals surface area contributed by atoms with E-state index in [1.165, 1.54) is 0 Å². The van der Waals surface area contributed by atoms with Gasteiger partial charge in [-0.3, -0.25) is 4.79 Å². The number of benzene rings is 1. The summed E-state index contributed by atoms with van der Waals surface area (Å²) < 4.78 is 5.76. The first-order valence-electron chi connectivity index (χ1n) is 8.58. The van der Waals surface area contributed by atoms with Gasteiger partial charge in [-0.2, -0.15) is 0 Å². The summed E-state index contributed by atoms with van der Waals surface area (Å²) in [5.41, 5.74) is 0.718. The fourth-order valence-electron chi connectivity index (χ4n) is 2.87. The molecule has 1 saturated heterocycles. The second-order valence-corrected chi connectivity index (χ2v) is 5.96. The maximum Gasteiger partial charge on any atom is 0.253 e. The molecule has 0 aromatic heterocycles. The number of ether oxygens (including phenoxy) is 1. The topological polar surface area (TPSA) is 44.8 Å². The number of rotatable bonds is 8. The molecule has 128 valence electrons. The van der Waals surface area contributed by atoms with Gasteiger partial charge < -0.3 is 19.9 Å². The highest BCUT2D eigenvalue weighted by Gasteiger charge is 2.23. The summed E-state index contributed by atoms with van der Waals surface area (Å²) in [7, 11) is 1.88. The van der Waals surface area contributed by atoms with Gasteiger partial charge in [0.2, 0.25) is 0 Å². The van der Waals surface area contributed by atoms with Gasteiger partial charge in [-0.15, -0.1) is 0 Å². The van der Waals surface area contributed by atoms with Crippen LogP contribution in [0.5, 0.6) is 5.75 Å². The number of hydrogen-bond donors (Lipinski definition) is 1. The molecule has 0 aliphatic carbocycles. The fourth-order valence-corrected chi connectivity index (χ4v) is 2.87. The second-order valence-electron chi connectivity index (χ2n) is 5.96. The molecule has 5 nitrogen and oxygen atoms in total. The minimum Gasteiger partial charge on any atom is -0.492 e. The lowest BCUT2D eigenvalue weighted by atomic mass is 10.1. The summed E-state index contributed by atoms with van der Waals surface area (Å²) in [4.78, 5) is 16.6. The zero-order valence-corrected chi connectivity index (χ0v) is 14.5. The molecule has 1 aliphatic heterocycles. The zero-order chi connectivity index (χ0) is 16.7. The molecule has 1 heterocycles. The van der Waals surface area contributed by atoms with Crippen LogP contribution in [0, 0.1) is 0 Å². The summed E-state index contributed by atoms with van der Waals surface area (Å²) in [6.07, 6.45) is 1.02. The summed E-state index contributed by atoms with van der Waals surface area (Å²) in [5, 5.41) is 3.29. The lowest BCUT2D eigenvalue weighted by Crippen LogP contribution is -2.38. The van der Waals surface area contributed by atoms with Crippen molar-refractivity contribution in [3.8, 4) is 5.75 Å². The van der Waals surface area contributed by atoms with Crippen molar-refractivity contribution in [1.82, 2.24) is 15.1 Å². The minimum absolute atomic E-state index is 0.0772. The largest absolute Gasteiger partial charge is 0.492 e. The van der Waals surface area contributed by atoms with Crippen molar-refractivity contribution in [2.45, 2.75) is 26.3 Å². The SMILES string of the molecule is CCN(CC)CCOc1ccc(C(=O)N(C)C2CCNC2)cc1. The number of hydrogen-bond acceptors (Lipinski definition) is 4. The van der Waals surface area contributed by atoms with E-state index in [1.807, 2.05) is 36.2 Å². The molecule has 0 bridgehead atoms. The van der Waals surface area contributed by atoms with Crippen LogP contribution in [0.15, 0.2) is 24.3 Å². The minimum atomic E-state index is 0.0772. The number of carbonyl (C=O) groups excluding carboxylic acids is 1. The van der Waals surface area contributed by atoms with E-state index < -0.39 is 0 Å². The predicted molar refractivity (Wildman–Crippen MR) is 93.1 cm³/mol. The van der Waals surface area contributed by atoms with Crippen molar-refractivity contribution in [1.29, 1.82) is 0 Å². The van der Waals surface area contributed by atoms with E-state index >= 15 is 0 Å². The third kappa shape index (κ3) is 4.94. The normalized spacial score (nSPS) is 17.5. The van der Waals surface area contributed by atoms with Crippen LogP contribution in [0.2, 0.25) is 0 Å². The quantitative estimate of drug-likeness (QED) is 0.794. The van der Waals surface area contributed by atoms with Gasteiger partial charge in [0.1, 0.15) is 12.4 Å². The molecule has 1 atom stereocenters. The highest BCUT2D eigenvalue weighted by atomic mass is 16.5. The Bertz CT molecular complexity index is 480. The van der Waals surface area contributed by atoms with E-state index in [9.17, 15) is 4.79 Å². The first-order valence-corrected chi connectivity index (χ1v) is 8.58. The molecule has 0 spiro atoms. The number of likely N-dealkylation sites (N-methyl/N-ethyl adjacent to an activating group) is 2. The van der Waals surface area contributed by atoms with E-state index in [-0.39, 0.29) is 5.91 Å². The number of nitrogens with one attached hydrogen (secondary N) is 1. The first kappa shape index (κ1) is 17.8. The van der Waals surface area contributed by atoms with Crippen LogP contribution in [-0.4, -0.2) is 68.1 Å². The molecule has 1 aliphatic rings. The number of carbonyl (C=O) groups is 1. The summed E-state index contributed by atoms with van der Waals surface area (Å²) in [5.74, 6) is 0.896. The van der Waals surface area contributed by atoms with Gasteiger partial charge in [-0.25, -0.2) is 0 Å². The first-order chi connectivity index (χ1) is 11.2. The molecule has 2 rings (SSSR count). The average Bonchev–Trinajstić information content (AvgIpc) is 3.12. The van der Waals surface area contributed by atoms with E-state index in [2.05, 4.69) is 24.1 Å². The molecule has 1 aromatic carbocycles. The average molecular weight is 319 g/mol. The van der Waals surface area contributed by atoms with Crippen LogP contribution in [0.4, 0.5) is 0 Å². The van der Waals surface area contributed by atoms with Crippen molar-refractivity contribution < 1.29 is 9.53 Å². The molecule has 5 heteroatoms. The summed E-state index contributed by atoms with van der Waals surface area (Å²) in [6, 6.07) is 7.78. The molecule has 23 heavy (non-hydrogen) atoms. The Hall–Kier alpha value is -1.59. The Morgan fingerprint density at radius 3 is 2.52 bits per heavy atom. The van der Waals surface area contributed by atoms with Crippen LogP contribution < -0.4 is 10.1 Å². The predicted octanol–water partition coefficient (Wildman–Crippen LogP) is 1.84. The van der Waals surface area contributed by atoms with E-state index in [0.717, 1.165) is 50.5 Å². The van der Waals surface area contributed by atoms with Gasteiger partial charge in [-0.05, 0) is 50.3 Å². The van der Waals surface area contributed by atoms with Crippen LogP contribution in [0.25, 0.3) is 0 Å². The van der Waals surface area contributed by atoms with Crippen LogP contribution in [0.3, 0.4) is 0 Å². The van der Waals surface area contributed by atoms with Crippen molar-refractivity contribution in [3.63, 3.8) is 0 Å². The summed E-state index contributed by atoms with van der Waals surface area (Å²) in [6.45, 7) is 9.84. The third-order valence-corrected chi connectivity index (χ3v) is 4.57. The van der Waals surface area contributed by atoms with E-state index in [0.29, 0.717) is 12.6 Å². The van der Waals surface area contributed by atoms with Crippen LogP contribution in [-0.2, 0) is 0 Å². The number of amides is 1. The molecular formula is C18H29N3O2. The molecule has 1 fully saturated rings. The van der Waals surface area contributed by atoms with Gasteiger partial charge >= 0.3 is 0 Å². The Balaban J connectivity index is 1.85. The highest BCUT2D eigenvalue weighted by molar-refractivity contribution is 5.94. The maximum absolute atomic E-state index is 12.5. The highest BCUT2D eigenvalue weighted by Crippen LogP contribution is 2.16. The van der Waals surface area contributed by atoms with E-state index in [1.54, 1.807) is 0 Å². The van der Waals surface area contributed by atoms with Gasteiger partial charge in [0.05, 0.1) is 0 Å². The molecular weight excluding hydrogens is 290 g/mol. The van der Waals surface area contributed by atoms with Crippen molar-refractivity contribution in [2.75, 3.05) is 46.4 Å². The fraction of sp³-hybridized carbons (Fsp3) is 0.611. The molecule has 1 amide bonds. The molecule has 1 aromatic rings.